The van der Waals surface area contributed by atoms with E-state index in [0.29, 0.717) is 11.3 Å². The topological polar surface area (TPSA) is 65.5 Å². The monoisotopic (exact) mass is 315 g/mol. The van der Waals surface area contributed by atoms with Gasteiger partial charge < -0.3 is 10.8 Å². The molecule has 0 bridgehead atoms. The molecule has 1 N–H and O–H groups in total. The maximum atomic E-state index is 12.8. The zero-order valence-corrected chi connectivity index (χ0v) is 13.3. The van der Waals surface area contributed by atoms with Gasteiger partial charge in [0.15, 0.2) is 6.04 Å². The van der Waals surface area contributed by atoms with Crippen molar-refractivity contribution in [3.8, 4) is 0 Å². The molecule has 1 atom stereocenters. The Labute approximate surface area is 140 Å². The first-order valence-corrected chi connectivity index (χ1v) is 7.73. The van der Waals surface area contributed by atoms with Crippen molar-refractivity contribution in [3.05, 3.63) is 89.5 Å². The molecule has 4 heteroatoms. The molecule has 4 nitrogen and oxygen atoms in total. The normalized spacial score (nSPS) is 11.5. The Morgan fingerprint density at radius 2 is 1.62 bits per heavy atom. The minimum atomic E-state index is -0.484. The van der Waals surface area contributed by atoms with Crippen molar-refractivity contribution in [1.29, 1.82) is 0 Å². The van der Waals surface area contributed by atoms with Gasteiger partial charge in [0.25, 0.3) is 11.6 Å². The summed E-state index contributed by atoms with van der Waals surface area (Å²) in [5.74, 6) is -0.205. The number of carbonyl (C=O) groups excluding carboxylic acids is 1. The van der Waals surface area contributed by atoms with Crippen LogP contribution >= 0.6 is 0 Å². The number of fused-ring (bicyclic) bond motifs is 1. The Morgan fingerprint density at radius 3 is 2.38 bits per heavy atom. The number of hydrogen-bond donors (Lipinski definition) is 1. The molecule has 0 heterocycles. The average Bonchev–Trinajstić information content (AvgIpc) is 2.65. The molecule has 0 aromatic heterocycles. The number of carbonyl (C=O) groups is 1. The summed E-state index contributed by atoms with van der Waals surface area (Å²) in [6, 6.07) is 22.4. The largest absolute Gasteiger partial charge is 0.362 e. The number of hydrogen-bond acceptors (Lipinski definition) is 1. The molecule has 0 radical (unpaired) electrons. The molecule has 0 fully saturated rings. The van der Waals surface area contributed by atoms with Gasteiger partial charge in [-0.1, -0.05) is 66.7 Å². The summed E-state index contributed by atoms with van der Waals surface area (Å²) < 4.78 is 0. The molecular weight excluding hydrogens is 298 g/mol. The summed E-state index contributed by atoms with van der Waals surface area (Å²) in [6.07, 6.45) is 0. The van der Waals surface area contributed by atoms with Crippen LogP contribution in [-0.4, -0.2) is 16.4 Å². The number of amides is 1. The van der Waals surface area contributed by atoms with Gasteiger partial charge in [-0.05, 0) is 22.4 Å². The summed E-state index contributed by atoms with van der Waals surface area (Å²) in [7, 11) is 0. The fraction of sp³-hybridized carbons (Fsp3) is 0.100. The second-order valence-electron chi connectivity index (χ2n) is 5.59. The predicted molar refractivity (Wildman–Crippen MR) is 94.9 cm³/mol. The van der Waals surface area contributed by atoms with Gasteiger partial charge >= 0.3 is 0 Å². The lowest BCUT2D eigenvalue weighted by molar-refractivity contribution is -0.0116. The number of rotatable bonds is 4. The third kappa shape index (κ3) is 3.09. The smallest absolute Gasteiger partial charge is 0.292 e. The van der Waals surface area contributed by atoms with Gasteiger partial charge in [-0.15, -0.1) is 0 Å². The van der Waals surface area contributed by atoms with Gasteiger partial charge in [-0.3, -0.25) is 4.79 Å². The number of nitrogens with one attached hydrogen (secondary N) is 1. The van der Waals surface area contributed by atoms with Crippen molar-refractivity contribution in [2.75, 3.05) is 0 Å². The van der Waals surface area contributed by atoms with Crippen LogP contribution in [0.25, 0.3) is 16.3 Å². The van der Waals surface area contributed by atoms with Gasteiger partial charge in [-0.25, -0.2) is 0 Å². The maximum absolute atomic E-state index is 12.8. The maximum Gasteiger partial charge on any atom is 0.292 e. The van der Waals surface area contributed by atoms with E-state index in [1.165, 1.54) is 0 Å². The summed E-state index contributed by atoms with van der Waals surface area (Å²) in [6.45, 7) is 1.68. The SMILES string of the molecule is CC(=[N+]=[N-])C(NC(=O)c1cccc2ccccc12)c1ccccc1. The standard InChI is InChI=1S/C20H17N3O/c1-14(23-21)19(16-9-3-2-4-10-16)22-20(24)18-13-7-11-15-8-5-6-12-17(15)18/h2-13,19H,1H3,(H,22,24). The van der Waals surface area contributed by atoms with Crippen molar-refractivity contribution in [3.63, 3.8) is 0 Å². The summed E-state index contributed by atoms with van der Waals surface area (Å²) in [4.78, 5) is 16.1. The van der Waals surface area contributed by atoms with Crippen LogP contribution in [0.3, 0.4) is 0 Å². The molecule has 118 valence electrons. The molecule has 3 rings (SSSR count). The van der Waals surface area contributed by atoms with E-state index in [2.05, 4.69) is 10.1 Å². The van der Waals surface area contributed by atoms with E-state index < -0.39 is 6.04 Å². The molecule has 0 aliphatic rings. The Morgan fingerprint density at radius 1 is 0.958 bits per heavy atom. The van der Waals surface area contributed by atoms with Gasteiger partial charge in [0, 0.05) is 12.5 Å². The van der Waals surface area contributed by atoms with E-state index in [0.717, 1.165) is 16.3 Å². The van der Waals surface area contributed by atoms with Crippen LogP contribution in [0, 0.1) is 0 Å². The van der Waals surface area contributed by atoms with Crippen LogP contribution in [0.1, 0.15) is 28.9 Å². The molecule has 0 aliphatic carbocycles. The fourth-order valence-electron chi connectivity index (χ4n) is 2.76. The van der Waals surface area contributed by atoms with Crippen molar-refractivity contribution in [2.24, 2.45) is 0 Å². The van der Waals surface area contributed by atoms with Crippen LogP contribution in [0.4, 0.5) is 0 Å². The van der Waals surface area contributed by atoms with Gasteiger partial charge in [-0.2, -0.15) is 4.79 Å². The van der Waals surface area contributed by atoms with Gasteiger partial charge in [0.1, 0.15) is 0 Å². The molecule has 0 spiro atoms. The lowest BCUT2D eigenvalue weighted by atomic mass is 10.0. The summed E-state index contributed by atoms with van der Waals surface area (Å²) in [5, 5.41) is 4.86. The van der Waals surface area contributed by atoms with E-state index in [9.17, 15) is 4.79 Å². The van der Waals surface area contributed by atoms with Gasteiger partial charge in [0.05, 0.1) is 0 Å². The van der Waals surface area contributed by atoms with Crippen molar-refractivity contribution in [2.45, 2.75) is 13.0 Å². The molecule has 24 heavy (non-hydrogen) atoms. The third-order valence-corrected chi connectivity index (χ3v) is 4.02. The Hall–Kier alpha value is -3.23. The zero-order chi connectivity index (χ0) is 16.9. The van der Waals surface area contributed by atoms with Crippen LogP contribution in [0.5, 0.6) is 0 Å². The second-order valence-corrected chi connectivity index (χ2v) is 5.59. The fourth-order valence-corrected chi connectivity index (χ4v) is 2.76. The number of nitrogens with zero attached hydrogens (tertiary/aromatic N) is 2. The highest BCUT2D eigenvalue weighted by molar-refractivity contribution is 6.08. The highest BCUT2D eigenvalue weighted by Crippen LogP contribution is 2.20. The third-order valence-electron chi connectivity index (χ3n) is 4.02. The van der Waals surface area contributed by atoms with Crippen molar-refractivity contribution >= 4 is 22.4 Å². The van der Waals surface area contributed by atoms with E-state index in [-0.39, 0.29) is 5.91 Å². The van der Waals surface area contributed by atoms with Crippen molar-refractivity contribution in [1.82, 2.24) is 5.32 Å². The first-order valence-electron chi connectivity index (χ1n) is 7.73. The number of benzene rings is 3. The minimum absolute atomic E-state index is 0.205. The summed E-state index contributed by atoms with van der Waals surface area (Å²) in [5.41, 5.74) is 11.0. The molecular formula is C20H17N3O. The minimum Gasteiger partial charge on any atom is -0.362 e. The molecule has 1 unspecified atom stereocenters. The average molecular weight is 315 g/mol. The molecule has 0 saturated carbocycles. The molecule has 0 aliphatic heterocycles. The first-order chi connectivity index (χ1) is 11.7. The quantitative estimate of drug-likeness (QED) is 0.441. The lowest BCUT2D eigenvalue weighted by Gasteiger charge is -2.15. The summed E-state index contributed by atoms with van der Waals surface area (Å²) >= 11 is 0. The molecule has 1 amide bonds. The van der Waals surface area contributed by atoms with Crippen LogP contribution in [0.2, 0.25) is 0 Å². The molecule has 0 saturated heterocycles. The predicted octanol–water partition coefficient (Wildman–Crippen LogP) is 4.00. The van der Waals surface area contributed by atoms with Crippen LogP contribution < -0.4 is 5.32 Å². The second kappa shape index (κ2) is 6.90. The Kier molecular flexibility index (Phi) is 4.50. The molecule has 3 aromatic carbocycles. The highest BCUT2D eigenvalue weighted by Gasteiger charge is 2.24. The lowest BCUT2D eigenvalue weighted by Crippen LogP contribution is -2.33. The zero-order valence-electron chi connectivity index (χ0n) is 13.3. The first kappa shape index (κ1) is 15.7. The Balaban J connectivity index is 1.98. The van der Waals surface area contributed by atoms with E-state index in [1.807, 2.05) is 66.7 Å². The Bertz CT molecular complexity index is 923. The van der Waals surface area contributed by atoms with Gasteiger partial charge in [0.2, 0.25) is 0 Å². The van der Waals surface area contributed by atoms with Crippen LogP contribution in [0.15, 0.2) is 72.8 Å². The molecule has 3 aromatic rings. The highest BCUT2D eigenvalue weighted by atomic mass is 16.1. The van der Waals surface area contributed by atoms with E-state index >= 15 is 0 Å². The van der Waals surface area contributed by atoms with E-state index in [4.69, 9.17) is 5.53 Å². The van der Waals surface area contributed by atoms with Crippen LogP contribution in [-0.2, 0) is 0 Å². The van der Waals surface area contributed by atoms with Crippen molar-refractivity contribution < 1.29 is 9.58 Å². The van der Waals surface area contributed by atoms with E-state index in [1.54, 1.807) is 13.0 Å².